The van der Waals surface area contributed by atoms with Crippen LogP contribution in [0.15, 0.2) is 22.7 Å². The standard InChI is InChI=1S/C15H17BrF2O2/c1-20-14-3-2-10(8-12(14)16)9-13(19)11-4-6-15(17,18)7-5-11/h2-3,8,11H,4-7,9H2,1H3. The highest BCUT2D eigenvalue weighted by Gasteiger charge is 2.37. The Labute approximate surface area is 125 Å². The van der Waals surface area contributed by atoms with Crippen LogP contribution < -0.4 is 4.74 Å². The smallest absolute Gasteiger partial charge is 0.248 e. The summed E-state index contributed by atoms with van der Waals surface area (Å²) in [6.45, 7) is 0. The van der Waals surface area contributed by atoms with E-state index in [2.05, 4.69) is 15.9 Å². The van der Waals surface area contributed by atoms with E-state index in [4.69, 9.17) is 4.74 Å². The lowest BCUT2D eigenvalue weighted by atomic mass is 9.82. The first-order chi connectivity index (χ1) is 9.41. The third-order valence-electron chi connectivity index (χ3n) is 3.77. The largest absolute Gasteiger partial charge is 0.496 e. The normalized spacial score (nSPS) is 18.8. The van der Waals surface area contributed by atoms with Crippen LogP contribution in [0.5, 0.6) is 5.75 Å². The molecule has 5 heteroatoms. The SMILES string of the molecule is COc1ccc(CC(=O)C2CCC(F)(F)CC2)cc1Br. The van der Waals surface area contributed by atoms with Gasteiger partial charge in [0, 0.05) is 25.2 Å². The maximum atomic E-state index is 13.1. The topological polar surface area (TPSA) is 26.3 Å². The van der Waals surface area contributed by atoms with Gasteiger partial charge in [0.2, 0.25) is 5.92 Å². The predicted octanol–water partition coefficient (Wildman–Crippen LogP) is 4.39. The molecule has 0 aromatic heterocycles. The van der Waals surface area contributed by atoms with Gasteiger partial charge in [-0.2, -0.15) is 0 Å². The summed E-state index contributed by atoms with van der Waals surface area (Å²) in [5.74, 6) is -2.05. The summed E-state index contributed by atoms with van der Waals surface area (Å²) < 4.78 is 32.1. The molecule has 0 saturated heterocycles. The van der Waals surface area contributed by atoms with E-state index in [-0.39, 0.29) is 24.5 Å². The van der Waals surface area contributed by atoms with Crippen LogP contribution in [0, 0.1) is 5.92 Å². The van der Waals surface area contributed by atoms with Gasteiger partial charge in [-0.1, -0.05) is 6.07 Å². The zero-order chi connectivity index (χ0) is 14.8. The Hall–Kier alpha value is -0.970. The number of hydrogen-bond donors (Lipinski definition) is 0. The number of halogens is 3. The molecule has 0 radical (unpaired) electrons. The Morgan fingerprint density at radius 3 is 2.60 bits per heavy atom. The Bertz CT molecular complexity index is 493. The fourth-order valence-electron chi connectivity index (χ4n) is 2.53. The molecule has 1 aliphatic rings. The Kier molecular flexibility index (Phi) is 4.78. The van der Waals surface area contributed by atoms with Gasteiger partial charge in [-0.05, 0) is 46.5 Å². The molecule has 20 heavy (non-hydrogen) atoms. The van der Waals surface area contributed by atoms with Gasteiger partial charge >= 0.3 is 0 Å². The van der Waals surface area contributed by atoms with Gasteiger partial charge in [0.05, 0.1) is 11.6 Å². The summed E-state index contributed by atoms with van der Waals surface area (Å²) in [6, 6.07) is 5.47. The van der Waals surface area contributed by atoms with Crippen molar-refractivity contribution in [3.8, 4) is 5.75 Å². The van der Waals surface area contributed by atoms with Crippen LogP contribution in [-0.4, -0.2) is 18.8 Å². The van der Waals surface area contributed by atoms with E-state index in [0.717, 1.165) is 10.0 Å². The lowest BCUT2D eigenvalue weighted by molar-refractivity contribution is -0.126. The van der Waals surface area contributed by atoms with Crippen LogP contribution in [0.1, 0.15) is 31.2 Å². The van der Waals surface area contributed by atoms with Crippen molar-refractivity contribution in [2.24, 2.45) is 5.92 Å². The lowest BCUT2D eigenvalue weighted by Gasteiger charge is -2.27. The first-order valence-electron chi connectivity index (χ1n) is 6.64. The molecule has 1 aromatic rings. The summed E-state index contributed by atoms with van der Waals surface area (Å²) in [5.41, 5.74) is 0.875. The molecule has 0 atom stereocenters. The molecular formula is C15H17BrF2O2. The molecule has 110 valence electrons. The van der Waals surface area contributed by atoms with Gasteiger partial charge in [-0.15, -0.1) is 0 Å². The molecule has 0 spiro atoms. The number of benzene rings is 1. The zero-order valence-electron chi connectivity index (χ0n) is 11.3. The molecule has 0 heterocycles. The van der Waals surface area contributed by atoms with Gasteiger partial charge in [-0.3, -0.25) is 4.79 Å². The maximum absolute atomic E-state index is 13.1. The van der Waals surface area contributed by atoms with Crippen molar-refractivity contribution in [3.05, 3.63) is 28.2 Å². The quantitative estimate of drug-likeness (QED) is 0.807. The van der Waals surface area contributed by atoms with E-state index in [1.807, 2.05) is 12.1 Å². The minimum Gasteiger partial charge on any atom is -0.496 e. The number of carbonyl (C=O) groups excluding carboxylic acids is 1. The van der Waals surface area contributed by atoms with Crippen LogP contribution in [0.3, 0.4) is 0 Å². The summed E-state index contributed by atoms with van der Waals surface area (Å²) in [6.07, 6.45) is 0.538. The predicted molar refractivity (Wildman–Crippen MR) is 76.3 cm³/mol. The van der Waals surface area contributed by atoms with E-state index in [9.17, 15) is 13.6 Å². The van der Waals surface area contributed by atoms with Crippen molar-refractivity contribution in [1.29, 1.82) is 0 Å². The van der Waals surface area contributed by atoms with Crippen molar-refractivity contribution in [2.75, 3.05) is 7.11 Å². The molecule has 2 rings (SSSR count). The molecule has 1 fully saturated rings. The van der Waals surface area contributed by atoms with E-state index >= 15 is 0 Å². The number of Topliss-reactive ketones (excluding diaryl/α,β-unsaturated/α-hetero) is 1. The number of methoxy groups -OCH3 is 1. The molecule has 0 unspecified atom stereocenters. The van der Waals surface area contributed by atoms with Crippen LogP contribution in [-0.2, 0) is 11.2 Å². The third-order valence-corrected chi connectivity index (χ3v) is 4.39. The minimum absolute atomic E-state index is 0.0533. The van der Waals surface area contributed by atoms with Gasteiger partial charge < -0.3 is 4.74 Å². The highest BCUT2D eigenvalue weighted by atomic mass is 79.9. The summed E-state index contributed by atoms with van der Waals surface area (Å²) >= 11 is 3.37. The Morgan fingerprint density at radius 2 is 2.05 bits per heavy atom. The number of hydrogen-bond acceptors (Lipinski definition) is 2. The van der Waals surface area contributed by atoms with Crippen LogP contribution in [0.2, 0.25) is 0 Å². The van der Waals surface area contributed by atoms with Gasteiger partial charge in [0.1, 0.15) is 11.5 Å². The van der Waals surface area contributed by atoms with E-state index in [0.29, 0.717) is 25.0 Å². The van der Waals surface area contributed by atoms with Crippen molar-refractivity contribution < 1.29 is 18.3 Å². The monoisotopic (exact) mass is 346 g/mol. The van der Waals surface area contributed by atoms with Crippen molar-refractivity contribution in [1.82, 2.24) is 0 Å². The molecule has 2 nitrogen and oxygen atoms in total. The molecule has 0 aliphatic heterocycles. The lowest BCUT2D eigenvalue weighted by Crippen LogP contribution is -2.29. The van der Waals surface area contributed by atoms with Crippen molar-refractivity contribution in [2.45, 2.75) is 38.0 Å². The highest BCUT2D eigenvalue weighted by molar-refractivity contribution is 9.10. The number of ketones is 1. The number of rotatable bonds is 4. The number of carbonyl (C=O) groups is 1. The zero-order valence-corrected chi connectivity index (χ0v) is 12.9. The average molecular weight is 347 g/mol. The Morgan fingerprint density at radius 1 is 1.40 bits per heavy atom. The first-order valence-corrected chi connectivity index (χ1v) is 7.43. The van der Waals surface area contributed by atoms with E-state index in [1.54, 1.807) is 13.2 Å². The van der Waals surface area contributed by atoms with Crippen molar-refractivity contribution >= 4 is 21.7 Å². The maximum Gasteiger partial charge on any atom is 0.248 e. The molecule has 1 saturated carbocycles. The van der Waals surface area contributed by atoms with Crippen LogP contribution >= 0.6 is 15.9 Å². The summed E-state index contributed by atoms with van der Waals surface area (Å²) in [7, 11) is 1.58. The van der Waals surface area contributed by atoms with Crippen LogP contribution in [0.4, 0.5) is 8.78 Å². The van der Waals surface area contributed by atoms with Crippen LogP contribution in [0.25, 0.3) is 0 Å². The van der Waals surface area contributed by atoms with Gasteiger partial charge in [0.15, 0.2) is 0 Å². The first kappa shape index (κ1) is 15.4. The second kappa shape index (κ2) is 6.20. The van der Waals surface area contributed by atoms with Gasteiger partial charge in [-0.25, -0.2) is 8.78 Å². The van der Waals surface area contributed by atoms with E-state index < -0.39 is 5.92 Å². The fraction of sp³-hybridized carbons (Fsp3) is 0.533. The second-order valence-corrected chi connectivity index (χ2v) is 6.10. The molecule has 1 aliphatic carbocycles. The average Bonchev–Trinajstić information content (AvgIpc) is 2.38. The number of ether oxygens (including phenoxy) is 1. The second-order valence-electron chi connectivity index (χ2n) is 5.24. The highest BCUT2D eigenvalue weighted by Crippen LogP contribution is 2.37. The molecule has 1 aromatic carbocycles. The fourth-order valence-corrected chi connectivity index (χ4v) is 3.12. The van der Waals surface area contributed by atoms with Gasteiger partial charge in [0.25, 0.3) is 0 Å². The van der Waals surface area contributed by atoms with E-state index in [1.165, 1.54) is 0 Å². The minimum atomic E-state index is -2.58. The molecule has 0 bridgehead atoms. The molecular weight excluding hydrogens is 330 g/mol. The number of alkyl halides is 2. The van der Waals surface area contributed by atoms with Crippen molar-refractivity contribution in [3.63, 3.8) is 0 Å². The Balaban J connectivity index is 1.96. The summed E-state index contributed by atoms with van der Waals surface area (Å²) in [4.78, 5) is 12.2. The molecule has 0 N–H and O–H groups in total. The molecule has 0 amide bonds. The third kappa shape index (κ3) is 3.78. The summed E-state index contributed by atoms with van der Waals surface area (Å²) in [5, 5.41) is 0.